The van der Waals surface area contributed by atoms with Crippen molar-refractivity contribution in [3.8, 4) is 0 Å². The van der Waals surface area contributed by atoms with Crippen LogP contribution in [0.4, 0.5) is 0 Å². The zero-order chi connectivity index (χ0) is 17.2. The van der Waals surface area contributed by atoms with E-state index in [-0.39, 0.29) is 0 Å². The lowest BCUT2D eigenvalue weighted by molar-refractivity contribution is -0.698. The van der Waals surface area contributed by atoms with Crippen LogP contribution in [0.15, 0.2) is 79.4 Å². The van der Waals surface area contributed by atoms with Crippen molar-refractivity contribution in [2.45, 2.75) is 26.3 Å². The molecule has 0 saturated heterocycles. The van der Waals surface area contributed by atoms with Crippen molar-refractivity contribution in [1.82, 2.24) is 4.57 Å². The monoisotopic (exact) mass is 337 g/mol. The third kappa shape index (κ3) is 6.18. The molecule has 4 nitrogen and oxygen atoms in total. The lowest BCUT2D eigenvalue weighted by atomic mass is 10.2. The molecule has 0 N–H and O–H groups in total. The molecule has 3 rings (SSSR count). The Hall–Kier alpha value is -2.43. The highest BCUT2D eigenvalue weighted by atomic mass is 16.5. The van der Waals surface area contributed by atoms with Gasteiger partial charge in [-0.2, -0.15) is 0 Å². The maximum Gasteiger partial charge on any atom is 0.243 e. The van der Waals surface area contributed by atoms with Gasteiger partial charge in [-0.1, -0.05) is 60.7 Å². The number of benzene rings is 2. The number of imidazole rings is 1. The van der Waals surface area contributed by atoms with E-state index in [1.165, 1.54) is 11.1 Å². The number of hydrogen-bond donors (Lipinski definition) is 0. The highest BCUT2D eigenvalue weighted by Crippen LogP contribution is 2.01. The molecule has 2 aromatic carbocycles. The maximum absolute atomic E-state index is 5.73. The summed E-state index contributed by atoms with van der Waals surface area (Å²) in [6, 6.07) is 20.5. The van der Waals surface area contributed by atoms with Gasteiger partial charge in [-0.3, -0.25) is 0 Å². The van der Waals surface area contributed by atoms with E-state index in [2.05, 4.69) is 52.1 Å². The van der Waals surface area contributed by atoms with Crippen LogP contribution in [0.1, 0.15) is 11.1 Å². The molecule has 0 saturated carbocycles. The average Bonchev–Trinajstić information content (AvgIpc) is 3.12. The topological polar surface area (TPSA) is 27.3 Å². The average molecular weight is 337 g/mol. The Labute approximate surface area is 149 Å². The summed E-state index contributed by atoms with van der Waals surface area (Å²) in [7, 11) is 0. The van der Waals surface area contributed by atoms with Gasteiger partial charge in [0.25, 0.3) is 0 Å². The molecule has 0 spiro atoms. The van der Waals surface area contributed by atoms with E-state index in [1.807, 2.05) is 36.4 Å². The molecule has 25 heavy (non-hydrogen) atoms. The predicted molar refractivity (Wildman–Crippen MR) is 96.8 cm³/mol. The lowest BCUT2D eigenvalue weighted by Gasteiger charge is -2.03. The van der Waals surface area contributed by atoms with Crippen molar-refractivity contribution in [3.63, 3.8) is 0 Å². The molecule has 3 aromatic rings. The van der Waals surface area contributed by atoms with E-state index >= 15 is 0 Å². The van der Waals surface area contributed by atoms with Crippen LogP contribution in [-0.4, -0.2) is 17.8 Å². The third-order valence-electron chi connectivity index (χ3n) is 3.96. The number of ether oxygens (including phenoxy) is 2. The van der Waals surface area contributed by atoms with Crippen LogP contribution in [0.3, 0.4) is 0 Å². The standard InChI is InChI=1S/C21H25N2O2/c1-3-7-20(8-4-1)17-24-15-13-22-11-12-23(19-22)14-16-25-18-21-9-5-2-6-10-21/h1-12,19H,13-18H2/q+1. The van der Waals surface area contributed by atoms with Gasteiger partial charge < -0.3 is 9.47 Å². The highest BCUT2D eigenvalue weighted by molar-refractivity contribution is 5.14. The quantitative estimate of drug-likeness (QED) is 0.420. The van der Waals surface area contributed by atoms with E-state index in [0.717, 1.165) is 13.1 Å². The van der Waals surface area contributed by atoms with Crippen LogP contribution in [0.25, 0.3) is 0 Å². The fourth-order valence-corrected chi connectivity index (χ4v) is 2.57. The number of nitrogens with zero attached hydrogens (tertiary/aromatic N) is 2. The van der Waals surface area contributed by atoms with Gasteiger partial charge in [-0.25, -0.2) is 9.13 Å². The summed E-state index contributed by atoms with van der Waals surface area (Å²) in [5.41, 5.74) is 2.42. The molecule has 0 atom stereocenters. The van der Waals surface area contributed by atoms with Gasteiger partial charge in [-0.05, 0) is 11.1 Å². The molecule has 1 aromatic heterocycles. The Morgan fingerprint density at radius 2 is 1.36 bits per heavy atom. The number of hydrogen-bond acceptors (Lipinski definition) is 2. The minimum atomic E-state index is 0.662. The van der Waals surface area contributed by atoms with Gasteiger partial charge in [0.05, 0.1) is 26.4 Å². The molecule has 0 fully saturated rings. The van der Waals surface area contributed by atoms with Gasteiger partial charge in [0, 0.05) is 0 Å². The summed E-state index contributed by atoms with van der Waals surface area (Å²) in [6.45, 7) is 4.43. The van der Waals surface area contributed by atoms with E-state index in [1.54, 1.807) is 0 Å². The zero-order valence-corrected chi connectivity index (χ0v) is 14.5. The van der Waals surface area contributed by atoms with Crippen molar-refractivity contribution in [3.05, 3.63) is 90.5 Å². The summed E-state index contributed by atoms with van der Waals surface area (Å²) < 4.78 is 15.7. The molecule has 0 aliphatic heterocycles. The van der Waals surface area contributed by atoms with Crippen LogP contribution in [0.5, 0.6) is 0 Å². The first-order valence-electron chi connectivity index (χ1n) is 8.68. The first-order chi connectivity index (χ1) is 12.4. The molecular formula is C21H25N2O2+. The van der Waals surface area contributed by atoms with Crippen molar-refractivity contribution in [1.29, 1.82) is 0 Å². The SMILES string of the molecule is c1ccc(COCCn2cc[n+](CCOCc3ccccc3)c2)cc1. The van der Waals surface area contributed by atoms with Crippen LogP contribution in [0, 0.1) is 0 Å². The van der Waals surface area contributed by atoms with Crippen LogP contribution in [0.2, 0.25) is 0 Å². The summed E-state index contributed by atoms with van der Waals surface area (Å²) in [5.74, 6) is 0. The molecule has 0 aliphatic rings. The van der Waals surface area contributed by atoms with Crippen molar-refractivity contribution in [2.75, 3.05) is 13.2 Å². The van der Waals surface area contributed by atoms with Crippen LogP contribution < -0.4 is 4.57 Å². The number of aromatic nitrogens is 2. The molecule has 0 bridgehead atoms. The van der Waals surface area contributed by atoms with Gasteiger partial charge in [0.2, 0.25) is 6.33 Å². The Bertz CT molecular complexity index is 664. The fraction of sp³-hybridized carbons (Fsp3) is 0.286. The van der Waals surface area contributed by atoms with E-state index in [9.17, 15) is 0 Å². The summed E-state index contributed by atoms with van der Waals surface area (Å²) in [5, 5.41) is 0. The van der Waals surface area contributed by atoms with Gasteiger partial charge in [-0.15, -0.1) is 0 Å². The van der Waals surface area contributed by atoms with E-state index in [4.69, 9.17) is 9.47 Å². The lowest BCUT2D eigenvalue weighted by Crippen LogP contribution is -2.33. The molecule has 0 aliphatic carbocycles. The first-order valence-corrected chi connectivity index (χ1v) is 8.68. The van der Waals surface area contributed by atoms with Crippen LogP contribution in [-0.2, 0) is 35.8 Å². The summed E-state index contributed by atoms with van der Waals surface area (Å²) >= 11 is 0. The Kier molecular flexibility index (Phi) is 6.80. The van der Waals surface area contributed by atoms with E-state index < -0.39 is 0 Å². The second kappa shape index (κ2) is 9.77. The second-order valence-corrected chi connectivity index (χ2v) is 5.97. The molecule has 130 valence electrons. The molecule has 4 heteroatoms. The summed E-state index contributed by atoms with van der Waals surface area (Å²) in [4.78, 5) is 0. The first kappa shape index (κ1) is 17.4. The van der Waals surface area contributed by atoms with E-state index in [0.29, 0.717) is 26.4 Å². The molecule has 0 radical (unpaired) electrons. The highest BCUT2D eigenvalue weighted by Gasteiger charge is 2.04. The zero-order valence-electron chi connectivity index (χ0n) is 14.5. The Morgan fingerprint density at radius 1 is 0.760 bits per heavy atom. The maximum atomic E-state index is 5.73. The van der Waals surface area contributed by atoms with Crippen molar-refractivity contribution < 1.29 is 14.0 Å². The smallest absolute Gasteiger partial charge is 0.243 e. The Balaban J connectivity index is 1.30. The van der Waals surface area contributed by atoms with Gasteiger partial charge >= 0.3 is 0 Å². The second-order valence-electron chi connectivity index (χ2n) is 5.97. The normalized spacial score (nSPS) is 10.9. The van der Waals surface area contributed by atoms with Crippen molar-refractivity contribution in [2.24, 2.45) is 0 Å². The largest absolute Gasteiger partial charge is 0.373 e. The minimum Gasteiger partial charge on any atom is -0.373 e. The molecular weight excluding hydrogens is 312 g/mol. The molecule has 0 unspecified atom stereocenters. The predicted octanol–water partition coefficient (Wildman–Crippen LogP) is 3.21. The molecule has 0 amide bonds. The third-order valence-corrected chi connectivity index (χ3v) is 3.96. The van der Waals surface area contributed by atoms with Gasteiger partial charge in [0.1, 0.15) is 25.5 Å². The number of rotatable bonds is 10. The molecule has 1 heterocycles. The fourth-order valence-electron chi connectivity index (χ4n) is 2.57. The minimum absolute atomic E-state index is 0.662. The van der Waals surface area contributed by atoms with Crippen LogP contribution >= 0.6 is 0 Å². The summed E-state index contributed by atoms with van der Waals surface area (Å²) in [6.07, 6.45) is 6.24. The van der Waals surface area contributed by atoms with Crippen molar-refractivity contribution >= 4 is 0 Å². The van der Waals surface area contributed by atoms with Gasteiger partial charge in [0.15, 0.2) is 0 Å². The Morgan fingerprint density at radius 3 is 2.00 bits per heavy atom.